The van der Waals surface area contributed by atoms with Crippen LogP contribution in [0.15, 0.2) is 18.2 Å². The van der Waals surface area contributed by atoms with Gasteiger partial charge in [0.15, 0.2) is 0 Å². The van der Waals surface area contributed by atoms with Gasteiger partial charge in [-0.25, -0.2) is 4.39 Å². The first kappa shape index (κ1) is 14.1. The zero-order valence-corrected chi connectivity index (χ0v) is 12.4. The minimum atomic E-state index is -0.246. The lowest BCUT2D eigenvalue weighted by atomic mass is 9.78. The Kier molecular flexibility index (Phi) is 4.23. The first-order valence-electron chi connectivity index (χ1n) is 6.49. The van der Waals surface area contributed by atoms with Crippen molar-refractivity contribution in [3.63, 3.8) is 0 Å². The molecule has 0 N–H and O–H groups in total. The SMILES string of the molecule is CC1(C)CCCC1C(Cl)Cc1c(F)cccc1Cl. The van der Waals surface area contributed by atoms with E-state index in [1.165, 1.54) is 18.9 Å². The van der Waals surface area contributed by atoms with E-state index < -0.39 is 0 Å². The maximum absolute atomic E-state index is 13.7. The lowest BCUT2D eigenvalue weighted by Crippen LogP contribution is -2.28. The van der Waals surface area contributed by atoms with E-state index in [0.717, 1.165) is 6.42 Å². The summed E-state index contributed by atoms with van der Waals surface area (Å²) in [4.78, 5) is 0. The summed E-state index contributed by atoms with van der Waals surface area (Å²) in [7, 11) is 0. The predicted octanol–water partition coefficient (Wildman–Crippen LogP) is 5.46. The van der Waals surface area contributed by atoms with Crippen LogP contribution in [0, 0.1) is 17.2 Å². The summed E-state index contributed by atoms with van der Waals surface area (Å²) in [5, 5.41) is 0.438. The van der Waals surface area contributed by atoms with Crippen LogP contribution in [0.3, 0.4) is 0 Å². The first-order valence-corrected chi connectivity index (χ1v) is 7.30. The second kappa shape index (κ2) is 5.38. The molecule has 0 nitrogen and oxygen atoms in total. The van der Waals surface area contributed by atoms with Gasteiger partial charge < -0.3 is 0 Å². The van der Waals surface area contributed by atoms with Gasteiger partial charge in [-0.05, 0) is 42.7 Å². The Bertz CT molecular complexity index is 408. The van der Waals surface area contributed by atoms with Crippen LogP contribution in [0.5, 0.6) is 0 Å². The maximum Gasteiger partial charge on any atom is 0.127 e. The minimum Gasteiger partial charge on any atom is -0.207 e. The van der Waals surface area contributed by atoms with Crippen molar-refractivity contribution in [2.24, 2.45) is 11.3 Å². The fourth-order valence-electron chi connectivity index (χ4n) is 3.09. The highest BCUT2D eigenvalue weighted by molar-refractivity contribution is 6.31. The van der Waals surface area contributed by atoms with Gasteiger partial charge >= 0.3 is 0 Å². The molecule has 0 spiro atoms. The average molecular weight is 289 g/mol. The highest BCUT2D eigenvalue weighted by Crippen LogP contribution is 2.46. The van der Waals surface area contributed by atoms with Crippen LogP contribution in [0.1, 0.15) is 38.7 Å². The number of halogens is 3. The summed E-state index contributed by atoms with van der Waals surface area (Å²) in [6.45, 7) is 4.51. The summed E-state index contributed by atoms with van der Waals surface area (Å²) < 4.78 is 13.7. The van der Waals surface area contributed by atoms with Crippen molar-refractivity contribution in [3.8, 4) is 0 Å². The molecular weight excluding hydrogens is 270 g/mol. The van der Waals surface area contributed by atoms with E-state index in [1.54, 1.807) is 12.1 Å². The number of alkyl halides is 1. The normalized spacial score (nSPS) is 24.2. The van der Waals surface area contributed by atoms with Gasteiger partial charge in [-0.15, -0.1) is 11.6 Å². The van der Waals surface area contributed by atoms with Gasteiger partial charge in [-0.2, -0.15) is 0 Å². The predicted molar refractivity (Wildman–Crippen MR) is 75.9 cm³/mol. The van der Waals surface area contributed by atoms with Gasteiger partial charge in [0.05, 0.1) is 0 Å². The fraction of sp³-hybridized carbons (Fsp3) is 0.600. The molecule has 0 bridgehead atoms. The van der Waals surface area contributed by atoms with Gasteiger partial charge in [0.25, 0.3) is 0 Å². The molecule has 2 rings (SSSR count). The average Bonchev–Trinajstić information content (AvgIpc) is 2.63. The summed E-state index contributed by atoms with van der Waals surface area (Å²) in [5.41, 5.74) is 0.811. The molecule has 18 heavy (non-hydrogen) atoms. The standard InChI is InChI=1S/C15H19Cl2F/c1-15(2)8-4-5-11(15)13(17)9-10-12(16)6-3-7-14(10)18/h3,6-7,11,13H,4-5,8-9H2,1-2H3. The first-order chi connectivity index (χ1) is 8.42. The molecule has 1 aromatic rings. The van der Waals surface area contributed by atoms with E-state index in [4.69, 9.17) is 23.2 Å². The minimum absolute atomic E-state index is 0.0445. The Morgan fingerprint density at radius 1 is 1.44 bits per heavy atom. The summed E-state index contributed by atoms with van der Waals surface area (Å²) in [6.07, 6.45) is 4.06. The second-order valence-electron chi connectivity index (χ2n) is 5.91. The number of hydrogen-bond donors (Lipinski definition) is 0. The van der Waals surface area contributed by atoms with Crippen molar-refractivity contribution in [1.82, 2.24) is 0 Å². The molecule has 1 fully saturated rings. The van der Waals surface area contributed by atoms with Crippen molar-refractivity contribution in [2.75, 3.05) is 0 Å². The Morgan fingerprint density at radius 2 is 2.17 bits per heavy atom. The second-order valence-corrected chi connectivity index (χ2v) is 6.88. The fourth-order valence-corrected chi connectivity index (χ4v) is 3.95. The molecule has 0 saturated heterocycles. The summed E-state index contributed by atoms with van der Waals surface area (Å²) in [5.74, 6) is 0.193. The highest BCUT2D eigenvalue weighted by Gasteiger charge is 2.39. The molecule has 0 amide bonds. The van der Waals surface area contributed by atoms with E-state index in [2.05, 4.69) is 13.8 Å². The van der Waals surface area contributed by atoms with Crippen LogP contribution in [0.2, 0.25) is 5.02 Å². The van der Waals surface area contributed by atoms with E-state index in [-0.39, 0.29) is 16.6 Å². The monoisotopic (exact) mass is 288 g/mol. The third kappa shape index (κ3) is 2.83. The molecule has 100 valence electrons. The van der Waals surface area contributed by atoms with Gasteiger partial charge in [0.2, 0.25) is 0 Å². The molecule has 0 aliphatic heterocycles. The highest BCUT2D eigenvalue weighted by atomic mass is 35.5. The molecule has 1 aliphatic carbocycles. The summed E-state index contributed by atoms with van der Waals surface area (Å²) in [6, 6.07) is 4.80. The van der Waals surface area contributed by atoms with E-state index in [9.17, 15) is 4.39 Å². The zero-order valence-electron chi connectivity index (χ0n) is 10.8. The van der Waals surface area contributed by atoms with Crippen LogP contribution < -0.4 is 0 Å². The van der Waals surface area contributed by atoms with Gasteiger partial charge in [0, 0.05) is 16.0 Å². The third-order valence-corrected chi connectivity index (χ3v) is 5.05. The molecule has 2 unspecified atom stereocenters. The molecule has 2 atom stereocenters. The van der Waals surface area contributed by atoms with Crippen LogP contribution in [-0.4, -0.2) is 5.38 Å². The van der Waals surface area contributed by atoms with Crippen molar-refractivity contribution in [2.45, 2.75) is 44.9 Å². The van der Waals surface area contributed by atoms with Gasteiger partial charge in [0.1, 0.15) is 5.82 Å². The largest absolute Gasteiger partial charge is 0.207 e. The van der Waals surface area contributed by atoms with Crippen LogP contribution in [0.4, 0.5) is 4.39 Å². The Morgan fingerprint density at radius 3 is 2.72 bits per heavy atom. The third-order valence-electron chi connectivity index (χ3n) is 4.24. The van der Waals surface area contributed by atoms with E-state index >= 15 is 0 Å². The summed E-state index contributed by atoms with van der Waals surface area (Å²) >= 11 is 12.6. The lowest BCUT2D eigenvalue weighted by molar-refractivity contribution is 0.249. The van der Waals surface area contributed by atoms with Crippen LogP contribution in [0.25, 0.3) is 0 Å². The molecular formula is C15H19Cl2F. The molecule has 0 radical (unpaired) electrons. The molecule has 0 aromatic heterocycles. The Hall–Kier alpha value is -0.270. The number of hydrogen-bond acceptors (Lipinski definition) is 0. The van der Waals surface area contributed by atoms with Crippen molar-refractivity contribution < 1.29 is 4.39 Å². The number of rotatable bonds is 3. The van der Waals surface area contributed by atoms with E-state index in [1.807, 2.05) is 0 Å². The van der Waals surface area contributed by atoms with Crippen molar-refractivity contribution in [3.05, 3.63) is 34.6 Å². The van der Waals surface area contributed by atoms with Gasteiger partial charge in [-0.3, -0.25) is 0 Å². The molecule has 3 heteroatoms. The Balaban J connectivity index is 2.14. The molecule has 1 saturated carbocycles. The van der Waals surface area contributed by atoms with Gasteiger partial charge in [-0.1, -0.05) is 37.9 Å². The molecule has 1 aliphatic rings. The maximum atomic E-state index is 13.7. The molecule has 0 heterocycles. The van der Waals surface area contributed by atoms with Crippen molar-refractivity contribution >= 4 is 23.2 Å². The lowest BCUT2D eigenvalue weighted by Gasteiger charge is -2.31. The topological polar surface area (TPSA) is 0 Å². The zero-order chi connectivity index (χ0) is 13.3. The molecule has 1 aromatic carbocycles. The quantitative estimate of drug-likeness (QED) is 0.648. The number of benzene rings is 1. The van der Waals surface area contributed by atoms with Crippen LogP contribution in [-0.2, 0) is 6.42 Å². The smallest absolute Gasteiger partial charge is 0.127 e. The van der Waals surface area contributed by atoms with Crippen molar-refractivity contribution in [1.29, 1.82) is 0 Å². The van der Waals surface area contributed by atoms with Crippen LogP contribution >= 0.6 is 23.2 Å². The van der Waals surface area contributed by atoms with E-state index in [0.29, 0.717) is 22.9 Å². The Labute approximate surface area is 118 Å².